The summed E-state index contributed by atoms with van der Waals surface area (Å²) < 4.78 is 17.0. The number of para-hydroxylation sites is 1. The van der Waals surface area contributed by atoms with Crippen LogP contribution >= 0.6 is 0 Å². The number of esters is 1. The topological polar surface area (TPSA) is 91.8 Å². The average Bonchev–Trinajstić information content (AvgIpc) is 3.22. The molecule has 1 aliphatic rings. The van der Waals surface area contributed by atoms with Crippen molar-refractivity contribution in [1.29, 1.82) is 0 Å². The number of hydrogen-bond donors (Lipinski definition) is 0. The van der Waals surface area contributed by atoms with Crippen LogP contribution in [0.25, 0.3) is 10.9 Å². The molecule has 4 aromatic rings. The van der Waals surface area contributed by atoms with Crippen LogP contribution in [0.1, 0.15) is 82.2 Å². The Morgan fingerprint density at radius 1 is 0.825 bits per heavy atom. The van der Waals surface area contributed by atoms with Crippen LogP contribution in [0.5, 0.6) is 17.2 Å². The van der Waals surface area contributed by atoms with Crippen LogP contribution < -0.4 is 9.47 Å². The van der Waals surface area contributed by atoms with Gasteiger partial charge in [-0.1, -0.05) is 44.4 Å². The third-order valence-corrected chi connectivity index (χ3v) is 6.91. The molecule has 0 saturated heterocycles. The highest BCUT2D eigenvalue weighted by Gasteiger charge is 2.41. The number of Topliss-reactive ketones (excluding diaryl/α,β-unsaturated/α-hetero) is 2. The molecule has 5 rings (SSSR count). The minimum Gasteiger partial charge on any atom is -0.494 e. The van der Waals surface area contributed by atoms with Crippen LogP contribution in [0, 0.1) is 0 Å². The highest BCUT2D eigenvalue weighted by atomic mass is 16.5. The second kappa shape index (κ2) is 12.1. The number of hydrogen-bond acceptors (Lipinski definition) is 7. The first-order valence-electron chi connectivity index (χ1n) is 13.7. The Kier molecular flexibility index (Phi) is 8.20. The number of pyridine rings is 1. The molecule has 1 heterocycles. The summed E-state index contributed by atoms with van der Waals surface area (Å²) in [5.74, 6) is -0.406. The van der Waals surface area contributed by atoms with Gasteiger partial charge in [0.15, 0.2) is 17.3 Å². The van der Waals surface area contributed by atoms with E-state index in [0.717, 1.165) is 31.1 Å². The van der Waals surface area contributed by atoms with E-state index in [9.17, 15) is 14.4 Å². The molecule has 7 nitrogen and oxygen atoms in total. The second-order valence-electron chi connectivity index (χ2n) is 9.69. The fourth-order valence-electron chi connectivity index (χ4n) is 4.84. The van der Waals surface area contributed by atoms with Gasteiger partial charge in [0.05, 0.1) is 24.5 Å². The summed E-state index contributed by atoms with van der Waals surface area (Å²) in [6.45, 7) is 4.87. The standard InChI is InChI=1S/C33H31NO6/c1-3-5-6-7-19-39-33(37)22-11-14-23(15-12-22)40-28-10-8-9-21-13-18-27(34-30(21)28)29-31(35)25-17-16-24(38-4-2)20-26(25)32(29)36/h8-18,20,29H,3-7,19H2,1-2H3. The molecule has 3 aromatic carbocycles. The van der Waals surface area contributed by atoms with Crippen molar-refractivity contribution in [3.05, 3.63) is 95.2 Å². The summed E-state index contributed by atoms with van der Waals surface area (Å²) in [5, 5.41) is 0.804. The number of nitrogens with zero attached hydrogens (tertiary/aromatic N) is 1. The molecule has 0 spiro atoms. The molecule has 0 bridgehead atoms. The van der Waals surface area contributed by atoms with Crippen molar-refractivity contribution in [2.24, 2.45) is 0 Å². The molecule has 0 amide bonds. The van der Waals surface area contributed by atoms with E-state index in [0.29, 0.717) is 58.4 Å². The summed E-state index contributed by atoms with van der Waals surface area (Å²) >= 11 is 0. The van der Waals surface area contributed by atoms with Crippen molar-refractivity contribution in [2.45, 2.75) is 45.4 Å². The molecule has 0 N–H and O–H groups in total. The van der Waals surface area contributed by atoms with E-state index in [1.165, 1.54) is 0 Å². The van der Waals surface area contributed by atoms with E-state index >= 15 is 0 Å². The van der Waals surface area contributed by atoms with Gasteiger partial charge in [0.1, 0.15) is 22.9 Å². The molecule has 204 valence electrons. The van der Waals surface area contributed by atoms with Crippen molar-refractivity contribution in [2.75, 3.05) is 13.2 Å². The van der Waals surface area contributed by atoms with Gasteiger partial charge in [0.2, 0.25) is 0 Å². The van der Waals surface area contributed by atoms with Gasteiger partial charge in [-0.3, -0.25) is 9.59 Å². The van der Waals surface area contributed by atoms with Gasteiger partial charge < -0.3 is 14.2 Å². The molecule has 0 fully saturated rings. The first kappa shape index (κ1) is 27.1. The monoisotopic (exact) mass is 537 g/mol. The molecule has 40 heavy (non-hydrogen) atoms. The second-order valence-corrected chi connectivity index (χ2v) is 9.69. The number of carbonyl (C=O) groups excluding carboxylic acids is 3. The number of aromatic nitrogens is 1. The zero-order chi connectivity index (χ0) is 28.1. The van der Waals surface area contributed by atoms with Gasteiger partial charge in [-0.05, 0) is 67.9 Å². The summed E-state index contributed by atoms with van der Waals surface area (Å²) in [6.07, 6.45) is 4.16. The number of carbonyl (C=O) groups is 3. The van der Waals surface area contributed by atoms with E-state index in [-0.39, 0.29) is 17.5 Å². The quantitative estimate of drug-likeness (QED) is 0.112. The normalized spacial score (nSPS) is 14.3. The van der Waals surface area contributed by atoms with Crippen LogP contribution in [0.4, 0.5) is 0 Å². The van der Waals surface area contributed by atoms with Gasteiger partial charge in [-0.15, -0.1) is 0 Å². The van der Waals surface area contributed by atoms with Crippen LogP contribution in [0.2, 0.25) is 0 Å². The first-order chi connectivity index (χ1) is 19.5. The van der Waals surface area contributed by atoms with Crippen LogP contribution in [-0.4, -0.2) is 35.7 Å². The average molecular weight is 538 g/mol. The Morgan fingerprint density at radius 3 is 2.38 bits per heavy atom. The molecule has 1 unspecified atom stereocenters. The molecular weight excluding hydrogens is 506 g/mol. The molecule has 0 radical (unpaired) electrons. The van der Waals surface area contributed by atoms with Gasteiger partial charge in [0, 0.05) is 16.5 Å². The largest absolute Gasteiger partial charge is 0.494 e. The van der Waals surface area contributed by atoms with Crippen molar-refractivity contribution < 1.29 is 28.6 Å². The lowest BCUT2D eigenvalue weighted by molar-refractivity contribution is 0.0497. The van der Waals surface area contributed by atoms with Gasteiger partial charge >= 0.3 is 5.97 Å². The van der Waals surface area contributed by atoms with E-state index in [1.807, 2.05) is 25.1 Å². The SMILES string of the molecule is CCCCCCOC(=O)c1ccc(Oc2cccc3ccc(C4C(=O)c5ccc(OCC)cc5C4=O)nc23)cc1. The third-order valence-electron chi connectivity index (χ3n) is 6.91. The van der Waals surface area contributed by atoms with Gasteiger partial charge in [0.25, 0.3) is 0 Å². The summed E-state index contributed by atoms with van der Waals surface area (Å²) in [4.78, 5) is 43.6. The number of rotatable bonds is 11. The number of fused-ring (bicyclic) bond motifs is 2. The van der Waals surface area contributed by atoms with Crippen LogP contribution in [0.15, 0.2) is 72.8 Å². The molecular formula is C33H31NO6. The minimum absolute atomic E-state index is 0.277. The zero-order valence-corrected chi connectivity index (χ0v) is 22.6. The third kappa shape index (κ3) is 5.59. The smallest absolute Gasteiger partial charge is 0.338 e. The lowest BCUT2D eigenvalue weighted by Crippen LogP contribution is -2.14. The number of benzene rings is 3. The molecule has 1 atom stereocenters. The number of ether oxygens (including phenoxy) is 3. The highest BCUT2D eigenvalue weighted by molar-refractivity contribution is 6.29. The number of unbranched alkanes of at least 4 members (excludes halogenated alkanes) is 3. The summed E-state index contributed by atoms with van der Waals surface area (Å²) in [5.41, 5.74) is 2.08. The minimum atomic E-state index is -1.02. The summed E-state index contributed by atoms with van der Waals surface area (Å²) in [7, 11) is 0. The molecule has 0 saturated carbocycles. The molecule has 1 aromatic heterocycles. The fraction of sp³-hybridized carbons (Fsp3) is 0.273. The Hall–Kier alpha value is -4.52. The van der Waals surface area contributed by atoms with E-state index < -0.39 is 5.92 Å². The maximum atomic E-state index is 13.3. The predicted octanol–water partition coefficient (Wildman–Crippen LogP) is 7.33. The van der Waals surface area contributed by atoms with E-state index in [4.69, 9.17) is 19.2 Å². The lowest BCUT2D eigenvalue weighted by Gasteiger charge is -2.12. The Balaban J connectivity index is 1.34. The van der Waals surface area contributed by atoms with Crippen LogP contribution in [-0.2, 0) is 4.74 Å². The van der Waals surface area contributed by atoms with Gasteiger partial charge in [-0.2, -0.15) is 0 Å². The zero-order valence-electron chi connectivity index (χ0n) is 22.6. The Morgan fingerprint density at radius 2 is 1.60 bits per heavy atom. The molecule has 0 aliphatic heterocycles. The number of ketones is 2. The van der Waals surface area contributed by atoms with Crippen LogP contribution in [0.3, 0.4) is 0 Å². The van der Waals surface area contributed by atoms with Crippen molar-refractivity contribution in [1.82, 2.24) is 4.98 Å². The Labute approximate surface area is 233 Å². The maximum absolute atomic E-state index is 13.3. The molecule has 7 heteroatoms. The lowest BCUT2D eigenvalue weighted by atomic mass is 9.98. The van der Waals surface area contributed by atoms with E-state index in [1.54, 1.807) is 54.6 Å². The first-order valence-corrected chi connectivity index (χ1v) is 13.7. The van der Waals surface area contributed by atoms with E-state index in [2.05, 4.69) is 6.92 Å². The highest BCUT2D eigenvalue weighted by Crippen LogP contribution is 2.37. The van der Waals surface area contributed by atoms with Crippen molar-refractivity contribution in [3.8, 4) is 17.2 Å². The molecule has 1 aliphatic carbocycles. The summed E-state index contributed by atoms with van der Waals surface area (Å²) in [6, 6.07) is 20.8. The van der Waals surface area contributed by atoms with Gasteiger partial charge in [-0.25, -0.2) is 9.78 Å². The predicted molar refractivity (Wildman–Crippen MR) is 152 cm³/mol. The Bertz CT molecular complexity index is 1560. The maximum Gasteiger partial charge on any atom is 0.338 e. The van der Waals surface area contributed by atoms with Crippen molar-refractivity contribution >= 4 is 28.4 Å². The van der Waals surface area contributed by atoms with Crippen molar-refractivity contribution in [3.63, 3.8) is 0 Å². The fourth-order valence-corrected chi connectivity index (χ4v) is 4.84.